The number of hydrogen-bond acceptors (Lipinski definition) is 3. The van der Waals surface area contributed by atoms with Crippen molar-refractivity contribution in [2.75, 3.05) is 6.54 Å². The van der Waals surface area contributed by atoms with Crippen LogP contribution in [0.15, 0.2) is 42.5 Å². The maximum Gasteiger partial charge on any atom is 0.161 e. The predicted molar refractivity (Wildman–Crippen MR) is 100 cm³/mol. The minimum atomic E-state index is 0. The summed E-state index contributed by atoms with van der Waals surface area (Å²) < 4.78 is 5.82. The number of nitrogens with one attached hydrogen (secondary N) is 1. The van der Waals surface area contributed by atoms with Gasteiger partial charge in [-0.3, -0.25) is 0 Å². The normalized spacial score (nSPS) is 16.1. The fourth-order valence-electron chi connectivity index (χ4n) is 3.19. The lowest BCUT2D eigenvalue weighted by atomic mass is 9.87. The first kappa shape index (κ1) is 18.6. The monoisotopic (exact) mass is 347 g/mol. The smallest absolute Gasteiger partial charge is 0.161 e. The zero-order chi connectivity index (χ0) is 16.1. The van der Waals surface area contributed by atoms with Gasteiger partial charge in [-0.2, -0.15) is 0 Å². The molecule has 0 saturated heterocycles. The van der Waals surface area contributed by atoms with E-state index in [-0.39, 0.29) is 12.4 Å². The number of ether oxygens (including phenoxy) is 1. The maximum absolute atomic E-state index is 10.5. The van der Waals surface area contributed by atoms with Crippen molar-refractivity contribution in [1.82, 2.24) is 5.32 Å². The number of halogens is 1. The van der Waals surface area contributed by atoms with Gasteiger partial charge >= 0.3 is 0 Å². The molecule has 24 heavy (non-hydrogen) atoms. The molecule has 0 aromatic heterocycles. The standard InChI is InChI=1S/C20H25NO2.ClH/c1-2-12-21-17-9-10-18-16(13-17)8-11-19(20(18)22)23-14-15-6-4-3-5-7-15;/h3-8,11,17,21-22H,2,9-10,12-14H2,1H3;1H. The number of phenolic OH excluding ortho intramolecular Hbond substituents is 1. The molecule has 0 saturated carbocycles. The fraction of sp³-hybridized carbons (Fsp3) is 0.400. The van der Waals surface area contributed by atoms with Gasteiger partial charge in [0.25, 0.3) is 0 Å². The Labute approximate surface area is 150 Å². The molecule has 1 unspecified atom stereocenters. The Morgan fingerprint density at radius 1 is 1.17 bits per heavy atom. The van der Waals surface area contributed by atoms with E-state index in [2.05, 4.69) is 18.3 Å². The highest BCUT2D eigenvalue weighted by Crippen LogP contribution is 2.37. The van der Waals surface area contributed by atoms with Gasteiger partial charge in [0.1, 0.15) is 6.61 Å². The third kappa shape index (κ3) is 4.43. The van der Waals surface area contributed by atoms with Gasteiger partial charge in [-0.05, 0) is 49.4 Å². The Hall–Kier alpha value is -1.71. The maximum atomic E-state index is 10.5. The third-order valence-electron chi connectivity index (χ3n) is 4.47. The molecule has 0 amide bonds. The van der Waals surface area contributed by atoms with Gasteiger partial charge in [-0.25, -0.2) is 0 Å². The summed E-state index contributed by atoms with van der Waals surface area (Å²) >= 11 is 0. The van der Waals surface area contributed by atoms with E-state index in [0.717, 1.165) is 43.4 Å². The van der Waals surface area contributed by atoms with Crippen LogP contribution in [0.5, 0.6) is 11.5 Å². The number of aromatic hydroxyl groups is 1. The van der Waals surface area contributed by atoms with Crippen molar-refractivity contribution in [2.24, 2.45) is 0 Å². The Kier molecular flexibility index (Phi) is 6.95. The number of phenols is 1. The largest absolute Gasteiger partial charge is 0.504 e. The van der Waals surface area contributed by atoms with Crippen molar-refractivity contribution in [1.29, 1.82) is 0 Å². The highest BCUT2D eigenvalue weighted by molar-refractivity contribution is 5.85. The summed E-state index contributed by atoms with van der Waals surface area (Å²) in [5.74, 6) is 0.917. The second-order valence-electron chi connectivity index (χ2n) is 6.22. The lowest BCUT2D eigenvalue weighted by molar-refractivity contribution is 0.286. The predicted octanol–water partition coefficient (Wildman–Crippen LogP) is 4.25. The molecular weight excluding hydrogens is 322 g/mol. The molecule has 0 bridgehead atoms. The van der Waals surface area contributed by atoms with Crippen molar-refractivity contribution in [3.8, 4) is 11.5 Å². The number of rotatable bonds is 6. The first-order chi connectivity index (χ1) is 11.3. The second kappa shape index (κ2) is 8.95. The van der Waals surface area contributed by atoms with Crippen LogP contribution in [0.2, 0.25) is 0 Å². The van der Waals surface area contributed by atoms with E-state index in [1.807, 2.05) is 36.4 Å². The molecular formula is C20H26ClNO2. The number of hydrogen-bond donors (Lipinski definition) is 2. The summed E-state index contributed by atoms with van der Waals surface area (Å²) in [6.07, 6.45) is 4.12. The van der Waals surface area contributed by atoms with E-state index in [4.69, 9.17) is 4.74 Å². The van der Waals surface area contributed by atoms with Gasteiger partial charge in [0.05, 0.1) is 0 Å². The van der Waals surface area contributed by atoms with Gasteiger partial charge < -0.3 is 15.2 Å². The van der Waals surface area contributed by atoms with Gasteiger partial charge in [0.2, 0.25) is 0 Å². The Balaban J connectivity index is 0.00000208. The molecule has 0 radical (unpaired) electrons. The molecule has 0 fully saturated rings. The molecule has 3 nitrogen and oxygen atoms in total. The van der Waals surface area contributed by atoms with Crippen LogP contribution in [-0.2, 0) is 19.4 Å². The SMILES string of the molecule is CCCNC1CCc2c(ccc(OCc3ccccc3)c2O)C1.Cl. The Morgan fingerprint density at radius 3 is 2.71 bits per heavy atom. The van der Waals surface area contributed by atoms with Crippen LogP contribution in [0.1, 0.15) is 36.5 Å². The lowest BCUT2D eigenvalue weighted by Gasteiger charge is -2.26. The fourth-order valence-corrected chi connectivity index (χ4v) is 3.19. The van der Waals surface area contributed by atoms with Gasteiger partial charge in [-0.1, -0.05) is 43.3 Å². The molecule has 3 rings (SSSR count). The zero-order valence-electron chi connectivity index (χ0n) is 14.1. The Bertz CT molecular complexity index is 646. The summed E-state index contributed by atoms with van der Waals surface area (Å²) in [7, 11) is 0. The highest BCUT2D eigenvalue weighted by atomic mass is 35.5. The molecule has 130 valence electrons. The van der Waals surface area contributed by atoms with Crippen molar-refractivity contribution in [2.45, 2.75) is 45.3 Å². The molecule has 2 N–H and O–H groups in total. The molecule has 1 aliphatic carbocycles. The van der Waals surface area contributed by atoms with E-state index < -0.39 is 0 Å². The first-order valence-corrected chi connectivity index (χ1v) is 8.51. The lowest BCUT2D eigenvalue weighted by Crippen LogP contribution is -2.35. The second-order valence-corrected chi connectivity index (χ2v) is 6.22. The van der Waals surface area contributed by atoms with Gasteiger partial charge in [-0.15, -0.1) is 12.4 Å². The molecule has 2 aromatic rings. The Morgan fingerprint density at radius 2 is 1.96 bits per heavy atom. The van der Waals surface area contributed by atoms with E-state index in [1.54, 1.807) is 0 Å². The summed E-state index contributed by atoms with van der Waals surface area (Å²) in [5, 5.41) is 14.1. The van der Waals surface area contributed by atoms with Crippen LogP contribution in [0, 0.1) is 0 Å². The van der Waals surface area contributed by atoms with Crippen LogP contribution < -0.4 is 10.1 Å². The van der Waals surface area contributed by atoms with Crippen LogP contribution in [0.25, 0.3) is 0 Å². The van der Waals surface area contributed by atoms with E-state index >= 15 is 0 Å². The van der Waals surface area contributed by atoms with Crippen LogP contribution in [-0.4, -0.2) is 17.7 Å². The summed E-state index contributed by atoms with van der Waals surface area (Å²) in [4.78, 5) is 0. The van der Waals surface area contributed by atoms with Crippen molar-refractivity contribution >= 4 is 12.4 Å². The average molecular weight is 348 g/mol. The van der Waals surface area contributed by atoms with Crippen molar-refractivity contribution < 1.29 is 9.84 Å². The number of benzene rings is 2. The molecule has 1 aliphatic rings. The van der Waals surface area contributed by atoms with Gasteiger partial charge in [0.15, 0.2) is 11.5 Å². The van der Waals surface area contributed by atoms with Gasteiger partial charge in [0, 0.05) is 11.6 Å². The summed E-state index contributed by atoms with van der Waals surface area (Å²) in [6, 6.07) is 14.6. The summed E-state index contributed by atoms with van der Waals surface area (Å²) in [6.45, 7) is 3.73. The van der Waals surface area contributed by atoms with Crippen molar-refractivity contribution in [3.05, 3.63) is 59.2 Å². The molecule has 0 aliphatic heterocycles. The quantitative estimate of drug-likeness (QED) is 0.820. The minimum Gasteiger partial charge on any atom is -0.504 e. The molecule has 1 atom stereocenters. The van der Waals surface area contributed by atoms with E-state index in [9.17, 15) is 5.11 Å². The topological polar surface area (TPSA) is 41.5 Å². The van der Waals surface area contributed by atoms with E-state index in [1.165, 1.54) is 5.56 Å². The number of fused-ring (bicyclic) bond motifs is 1. The first-order valence-electron chi connectivity index (χ1n) is 8.51. The molecule has 4 heteroatoms. The summed E-state index contributed by atoms with van der Waals surface area (Å²) in [5.41, 5.74) is 3.41. The van der Waals surface area contributed by atoms with Crippen LogP contribution in [0.3, 0.4) is 0 Å². The molecule has 0 spiro atoms. The zero-order valence-corrected chi connectivity index (χ0v) is 14.9. The highest BCUT2D eigenvalue weighted by Gasteiger charge is 2.22. The van der Waals surface area contributed by atoms with Crippen LogP contribution in [0.4, 0.5) is 0 Å². The third-order valence-corrected chi connectivity index (χ3v) is 4.47. The van der Waals surface area contributed by atoms with Crippen LogP contribution >= 0.6 is 12.4 Å². The van der Waals surface area contributed by atoms with E-state index in [0.29, 0.717) is 24.1 Å². The molecule has 2 aromatic carbocycles. The van der Waals surface area contributed by atoms with Crippen molar-refractivity contribution in [3.63, 3.8) is 0 Å². The average Bonchev–Trinajstić information content (AvgIpc) is 2.60. The molecule has 0 heterocycles. The minimum absolute atomic E-state index is 0.